The van der Waals surface area contributed by atoms with Gasteiger partial charge < -0.3 is 5.11 Å². The zero-order valence-electron chi connectivity index (χ0n) is 9.76. The lowest BCUT2D eigenvalue weighted by molar-refractivity contribution is -0.132. The maximum absolute atomic E-state index is 11.0. The lowest BCUT2D eigenvalue weighted by Gasteiger charge is -2.11. The van der Waals surface area contributed by atoms with E-state index in [2.05, 4.69) is 24.3 Å². The minimum Gasteiger partial charge on any atom is -0.478 e. The fourth-order valence-corrected chi connectivity index (χ4v) is 2.26. The molecule has 0 spiro atoms. The van der Waals surface area contributed by atoms with Crippen LogP contribution in [0.3, 0.4) is 0 Å². The van der Waals surface area contributed by atoms with E-state index in [1.807, 2.05) is 18.2 Å². The number of aliphatic carboxylic acids is 1. The summed E-state index contributed by atoms with van der Waals surface area (Å²) in [5, 5.41) is 11.3. The number of rotatable bonds is 1. The van der Waals surface area contributed by atoms with Gasteiger partial charge in [-0.3, -0.25) is 0 Å². The van der Waals surface area contributed by atoms with Crippen molar-refractivity contribution in [1.82, 2.24) is 0 Å². The van der Waals surface area contributed by atoms with Crippen LogP contribution in [0.5, 0.6) is 0 Å². The average Bonchev–Trinajstić information content (AvgIpc) is 2.56. The molecule has 0 heterocycles. The summed E-state index contributed by atoms with van der Waals surface area (Å²) in [5.41, 5.74) is 2.53. The molecule has 0 fully saturated rings. The molecule has 2 heteroatoms. The highest BCUT2D eigenvalue weighted by Gasteiger charge is 2.13. The summed E-state index contributed by atoms with van der Waals surface area (Å²) in [7, 11) is 0. The Bertz CT molecular complexity index is 731. The summed E-state index contributed by atoms with van der Waals surface area (Å²) in [6.45, 7) is 0. The van der Waals surface area contributed by atoms with Crippen LogP contribution >= 0.6 is 0 Å². The minimum atomic E-state index is -0.864. The van der Waals surface area contributed by atoms with E-state index >= 15 is 0 Å². The van der Waals surface area contributed by atoms with E-state index in [9.17, 15) is 4.79 Å². The first-order chi connectivity index (χ1) is 8.74. The molecule has 2 aliphatic rings. The maximum atomic E-state index is 11.0. The molecule has 1 aromatic carbocycles. The second-order valence-corrected chi connectivity index (χ2v) is 4.40. The summed E-state index contributed by atoms with van der Waals surface area (Å²) in [6.07, 6.45) is 10.4. The van der Waals surface area contributed by atoms with Crippen LogP contribution in [0.15, 0.2) is 59.2 Å². The molecule has 0 bridgehead atoms. The monoisotopic (exact) mass is 236 g/mol. The molecule has 0 saturated carbocycles. The van der Waals surface area contributed by atoms with Crippen molar-refractivity contribution in [3.05, 3.63) is 69.7 Å². The molecular weight excluding hydrogens is 224 g/mol. The summed E-state index contributed by atoms with van der Waals surface area (Å²) >= 11 is 0. The number of fused-ring (bicyclic) bond motifs is 2. The molecule has 0 aliphatic heterocycles. The van der Waals surface area contributed by atoms with Crippen LogP contribution in [0.2, 0.25) is 0 Å². The van der Waals surface area contributed by atoms with Crippen molar-refractivity contribution in [2.24, 2.45) is 0 Å². The number of hydrogen-bond acceptors (Lipinski definition) is 1. The molecule has 1 N–H and O–H groups in total. The second kappa shape index (κ2) is 4.15. The van der Waals surface area contributed by atoms with Crippen LogP contribution in [0, 0.1) is 0 Å². The minimum absolute atomic E-state index is 0.373. The summed E-state index contributed by atoms with van der Waals surface area (Å²) in [5.74, 6) is -0.864. The van der Waals surface area contributed by atoms with Crippen LogP contribution in [0.25, 0.3) is 12.2 Å². The van der Waals surface area contributed by atoms with Gasteiger partial charge in [-0.25, -0.2) is 4.79 Å². The standard InChI is InChI=1S/C16H12O2/c17-16(18)14-8-7-12-6-5-11-3-1-2-4-13(11)9-15(12)10-14/h1-6,8-10H,7H2,(H,17,18). The number of hydrogen-bond donors (Lipinski definition) is 1. The normalized spacial score (nSPS) is 16.8. The van der Waals surface area contributed by atoms with Gasteiger partial charge in [-0.2, -0.15) is 0 Å². The summed E-state index contributed by atoms with van der Waals surface area (Å²) < 4.78 is 0. The third-order valence-corrected chi connectivity index (χ3v) is 3.24. The molecule has 0 radical (unpaired) electrons. The highest BCUT2D eigenvalue weighted by molar-refractivity contribution is 5.92. The van der Waals surface area contributed by atoms with Crippen molar-refractivity contribution in [1.29, 1.82) is 0 Å². The number of carboxylic acid groups (broad SMARTS) is 1. The smallest absolute Gasteiger partial charge is 0.335 e. The van der Waals surface area contributed by atoms with Crippen molar-refractivity contribution >= 4 is 18.1 Å². The highest BCUT2D eigenvalue weighted by atomic mass is 16.4. The highest BCUT2D eigenvalue weighted by Crippen LogP contribution is 2.25. The Labute approximate surface area is 105 Å². The van der Waals surface area contributed by atoms with E-state index in [1.165, 1.54) is 0 Å². The van der Waals surface area contributed by atoms with Gasteiger partial charge in [0.25, 0.3) is 0 Å². The fourth-order valence-electron chi connectivity index (χ4n) is 2.26. The Kier molecular flexibility index (Phi) is 2.49. The van der Waals surface area contributed by atoms with Gasteiger partial charge in [-0.1, -0.05) is 42.5 Å². The molecule has 0 amide bonds. The molecule has 18 heavy (non-hydrogen) atoms. The van der Waals surface area contributed by atoms with Gasteiger partial charge in [0.2, 0.25) is 0 Å². The van der Waals surface area contributed by atoms with E-state index < -0.39 is 5.97 Å². The molecule has 0 atom stereocenters. The fraction of sp³-hybridized carbons (Fsp3) is 0.0625. The molecule has 2 aliphatic carbocycles. The third-order valence-electron chi connectivity index (χ3n) is 3.24. The zero-order valence-corrected chi connectivity index (χ0v) is 9.76. The van der Waals surface area contributed by atoms with Gasteiger partial charge in [0.05, 0.1) is 5.57 Å². The Balaban J connectivity index is 2.20. The van der Waals surface area contributed by atoms with E-state index in [4.69, 9.17) is 5.11 Å². The predicted molar refractivity (Wildman–Crippen MR) is 71.1 cm³/mol. The molecule has 88 valence electrons. The number of allylic oxidation sites excluding steroid dienone is 4. The van der Waals surface area contributed by atoms with E-state index in [1.54, 1.807) is 12.2 Å². The van der Waals surface area contributed by atoms with Crippen LogP contribution in [0.4, 0.5) is 0 Å². The van der Waals surface area contributed by atoms with Gasteiger partial charge in [0, 0.05) is 0 Å². The van der Waals surface area contributed by atoms with E-state index in [0.717, 1.165) is 21.6 Å². The molecule has 0 unspecified atom stereocenters. The molecule has 0 aromatic heterocycles. The van der Waals surface area contributed by atoms with Gasteiger partial charge in [0.1, 0.15) is 0 Å². The number of carboxylic acids is 1. The van der Waals surface area contributed by atoms with Gasteiger partial charge in [-0.05, 0) is 40.2 Å². The van der Waals surface area contributed by atoms with Crippen LogP contribution in [0.1, 0.15) is 6.42 Å². The molecule has 1 aromatic rings. The summed E-state index contributed by atoms with van der Waals surface area (Å²) in [4.78, 5) is 11.0. The predicted octanol–water partition coefficient (Wildman–Crippen LogP) is 1.53. The Morgan fingerprint density at radius 2 is 1.83 bits per heavy atom. The van der Waals surface area contributed by atoms with Crippen molar-refractivity contribution in [3.8, 4) is 0 Å². The van der Waals surface area contributed by atoms with Gasteiger partial charge in [0.15, 0.2) is 0 Å². The lowest BCUT2D eigenvalue weighted by atomic mass is 9.93. The molecule has 2 nitrogen and oxygen atoms in total. The van der Waals surface area contributed by atoms with Gasteiger partial charge in [-0.15, -0.1) is 0 Å². The SMILES string of the molecule is O=C(O)C1=CCC2=CC=c3ccccc3=CC2=C1. The maximum Gasteiger partial charge on any atom is 0.335 e. The topological polar surface area (TPSA) is 37.3 Å². The van der Waals surface area contributed by atoms with E-state index in [0.29, 0.717) is 12.0 Å². The van der Waals surface area contributed by atoms with Crippen LogP contribution in [-0.4, -0.2) is 11.1 Å². The van der Waals surface area contributed by atoms with Crippen molar-refractivity contribution < 1.29 is 9.90 Å². The number of carbonyl (C=O) groups is 1. The zero-order chi connectivity index (χ0) is 12.5. The first-order valence-electron chi connectivity index (χ1n) is 5.87. The largest absolute Gasteiger partial charge is 0.478 e. The van der Waals surface area contributed by atoms with E-state index in [-0.39, 0.29) is 0 Å². The second-order valence-electron chi connectivity index (χ2n) is 4.40. The average molecular weight is 236 g/mol. The first kappa shape index (κ1) is 10.8. The lowest BCUT2D eigenvalue weighted by Crippen LogP contribution is -2.22. The third kappa shape index (κ3) is 1.82. The van der Waals surface area contributed by atoms with Crippen molar-refractivity contribution in [2.45, 2.75) is 6.42 Å². The van der Waals surface area contributed by atoms with Crippen LogP contribution in [-0.2, 0) is 4.79 Å². The Morgan fingerprint density at radius 3 is 2.61 bits per heavy atom. The van der Waals surface area contributed by atoms with Crippen LogP contribution < -0.4 is 10.4 Å². The number of benzene rings is 1. The molecule has 3 rings (SSSR count). The molecular formula is C16H12O2. The summed E-state index contributed by atoms with van der Waals surface area (Å²) in [6, 6.07) is 8.10. The first-order valence-corrected chi connectivity index (χ1v) is 5.87. The quantitative estimate of drug-likeness (QED) is 0.803. The van der Waals surface area contributed by atoms with Crippen molar-refractivity contribution in [2.75, 3.05) is 0 Å². The van der Waals surface area contributed by atoms with Gasteiger partial charge >= 0.3 is 5.97 Å². The molecule has 0 saturated heterocycles. The Morgan fingerprint density at radius 1 is 1.06 bits per heavy atom. The van der Waals surface area contributed by atoms with Crippen molar-refractivity contribution in [3.63, 3.8) is 0 Å². The Hall–Kier alpha value is -2.35.